The lowest BCUT2D eigenvalue weighted by Crippen LogP contribution is -2.42. The number of rotatable bonds is 4. The Morgan fingerprint density at radius 2 is 2.05 bits per heavy atom. The minimum Gasteiger partial charge on any atom is -0.379 e. The van der Waals surface area contributed by atoms with E-state index in [1.165, 1.54) is 12.1 Å². The molecule has 0 amide bonds. The molecule has 108 valence electrons. The second-order valence-electron chi connectivity index (χ2n) is 4.86. The Balaban J connectivity index is 1.99. The molecule has 2 rings (SSSR count). The van der Waals surface area contributed by atoms with Crippen molar-refractivity contribution in [2.75, 3.05) is 38.2 Å². The Kier molecular flexibility index (Phi) is 4.88. The third-order valence-corrected chi connectivity index (χ3v) is 3.24. The number of benzene rings is 1. The van der Waals surface area contributed by atoms with E-state index in [2.05, 4.69) is 10.2 Å². The smallest absolute Gasteiger partial charge is 0.183 e. The van der Waals surface area contributed by atoms with E-state index in [4.69, 9.17) is 10.00 Å². The quantitative estimate of drug-likeness (QED) is 0.916. The van der Waals surface area contributed by atoms with E-state index in [-0.39, 0.29) is 17.3 Å². The van der Waals surface area contributed by atoms with Gasteiger partial charge in [-0.15, -0.1) is 0 Å². The van der Waals surface area contributed by atoms with Gasteiger partial charge in [0.05, 0.1) is 24.5 Å². The maximum absolute atomic E-state index is 13.8. The molecule has 0 spiro atoms. The summed E-state index contributed by atoms with van der Waals surface area (Å²) >= 11 is 0. The number of nitrogens with one attached hydrogen (secondary N) is 1. The molecule has 0 aliphatic carbocycles. The molecule has 0 radical (unpaired) electrons. The van der Waals surface area contributed by atoms with Crippen LogP contribution in [-0.2, 0) is 4.74 Å². The summed E-state index contributed by atoms with van der Waals surface area (Å²) in [6.07, 6.45) is 0. The first-order chi connectivity index (χ1) is 9.61. The van der Waals surface area contributed by atoms with Crippen LogP contribution in [0.25, 0.3) is 0 Å². The van der Waals surface area contributed by atoms with Gasteiger partial charge in [0, 0.05) is 25.7 Å². The first-order valence-electron chi connectivity index (χ1n) is 6.56. The number of nitrogens with zero attached hydrogens (tertiary/aromatic N) is 2. The third-order valence-electron chi connectivity index (χ3n) is 3.24. The molecule has 1 aromatic carbocycles. The number of hydrogen-bond acceptors (Lipinski definition) is 4. The first kappa shape index (κ1) is 14.7. The molecule has 6 heteroatoms. The van der Waals surface area contributed by atoms with Crippen LogP contribution in [0.15, 0.2) is 12.1 Å². The highest BCUT2D eigenvalue weighted by molar-refractivity contribution is 5.50. The molecule has 1 saturated heterocycles. The van der Waals surface area contributed by atoms with Crippen molar-refractivity contribution < 1.29 is 13.5 Å². The number of morpholine rings is 1. The predicted octanol–water partition coefficient (Wildman–Crippen LogP) is 1.97. The summed E-state index contributed by atoms with van der Waals surface area (Å²) < 4.78 is 32.5. The fourth-order valence-corrected chi connectivity index (χ4v) is 2.23. The van der Waals surface area contributed by atoms with Crippen LogP contribution in [0, 0.1) is 23.0 Å². The van der Waals surface area contributed by atoms with Gasteiger partial charge in [0.25, 0.3) is 0 Å². The van der Waals surface area contributed by atoms with E-state index in [0.29, 0.717) is 13.2 Å². The Morgan fingerprint density at radius 3 is 2.70 bits per heavy atom. The lowest BCUT2D eigenvalue weighted by molar-refractivity contribution is 0.0368. The van der Waals surface area contributed by atoms with Gasteiger partial charge in [-0.05, 0) is 19.1 Å². The van der Waals surface area contributed by atoms with E-state index in [9.17, 15) is 8.78 Å². The maximum atomic E-state index is 13.8. The highest BCUT2D eigenvalue weighted by atomic mass is 19.2. The van der Waals surface area contributed by atoms with Gasteiger partial charge in [0.2, 0.25) is 0 Å². The lowest BCUT2D eigenvalue weighted by atomic mass is 10.2. The zero-order valence-electron chi connectivity index (χ0n) is 11.3. The number of anilines is 1. The standard InChI is InChI=1S/C14H17F2N3O/c1-10(9-19-4-6-20-7-5-19)18-12-3-2-11(8-17)13(15)14(12)16/h2-3,10,18H,4-7,9H2,1H3. The summed E-state index contributed by atoms with van der Waals surface area (Å²) in [5.74, 6) is -2.10. The minimum absolute atomic E-state index is 0.0325. The van der Waals surface area contributed by atoms with Crippen LogP contribution in [0.2, 0.25) is 0 Å². The SMILES string of the molecule is CC(CN1CCOCC1)Nc1ccc(C#N)c(F)c1F. The van der Waals surface area contributed by atoms with Gasteiger partial charge >= 0.3 is 0 Å². The summed E-state index contributed by atoms with van der Waals surface area (Å²) in [5.41, 5.74) is -0.198. The summed E-state index contributed by atoms with van der Waals surface area (Å²) in [7, 11) is 0. The van der Waals surface area contributed by atoms with Crippen molar-refractivity contribution in [3.63, 3.8) is 0 Å². The van der Waals surface area contributed by atoms with Gasteiger partial charge in [-0.25, -0.2) is 8.78 Å². The van der Waals surface area contributed by atoms with Crippen LogP contribution >= 0.6 is 0 Å². The molecule has 0 saturated carbocycles. The molecule has 0 bridgehead atoms. The van der Waals surface area contributed by atoms with Gasteiger partial charge in [0.15, 0.2) is 11.6 Å². The van der Waals surface area contributed by atoms with Gasteiger partial charge in [-0.1, -0.05) is 0 Å². The molecule has 0 aromatic heterocycles. The summed E-state index contributed by atoms with van der Waals surface area (Å²) in [6, 6.07) is 4.26. The molecule has 20 heavy (non-hydrogen) atoms. The van der Waals surface area contributed by atoms with Gasteiger partial charge < -0.3 is 10.1 Å². The van der Waals surface area contributed by atoms with Crippen molar-refractivity contribution >= 4 is 5.69 Å². The zero-order valence-corrected chi connectivity index (χ0v) is 11.3. The number of nitriles is 1. The van der Waals surface area contributed by atoms with Crippen molar-refractivity contribution in [3.05, 3.63) is 29.3 Å². The van der Waals surface area contributed by atoms with Crippen molar-refractivity contribution in [2.24, 2.45) is 0 Å². The van der Waals surface area contributed by atoms with Gasteiger partial charge in [-0.2, -0.15) is 5.26 Å². The minimum atomic E-state index is -1.10. The molecule has 1 atom stereocenters. The summed E-state index contributed by atoms with van der Waals surface area (Å²) in [5, 5.41) is 11.6. The predicted molar refractivity (Wildman–Crippen MR) is 71.4 cm³/mol. The topological polar surface area (TPSA) is 48.3 Å². The van der Waals surface area contributed by atoms with Crippen LogP contribution in [0.5, 0.6) is 0 Å². The van der Waals surface area contributed by atoms with E-state index in [1.54, 1.807) is 6.07 Å². The molecule has 1 heterocycles. The zero-order chi connectivity index (χ0) is 14.5. The van der Waals surface area contributed by atoms with Crippen molar-refractivity contribution in [3.8, 4) is 6.07 Å². The fourth-order valence-electron chi connectivity index (χ4n) is 2.23. The highest BCUT2D eigenvalue weighted by Crippen LogP contribution is 2.21. The first-order valence-corrected chi connectivity index (χ1v) is 6.56. The van der Waals surface area contributed by atoms with Crippen molar-refractivity contribution in [1.29, 1.82) is 5.26 Å². The number of hydrogen-bond donors (Lipinski definition) is 1. The Bertz CT molecular complexity index is 510. The van der Waals surface area contributed by atoms with Crippen LogP contribution in [0.4, 0.5) is 14.5 Å². The number of halogens is 2. The van der Waals surface area contributed by atoms with E-state index < -0.39 is 11.6 Å². The van der Waals surface area contributed by atoms with Crippen LogP contribution in [-0.4, -0.2) is 43.8 Å². The normalized spacial score (nSPS) is 17.5. The molecule has 4 nitrogen and oxygen atoms in total. The lowest BCUT2D eigenvalue weighted by Gasteiger charge is -2.29. The van der Waals surface area contributed by atoms with E-state index in [0.717, 1.165) is 19.6 Å². The average molecular weight is 281 g/mol. The molecule has 1 fully saturated rings. The number of ether oxygens (including phenoxy) is 1. The maximum Gasteiger partial charge on any atom is 0.183 e. The highest BCUT2D eigenvalue weighted by Gasteiger charge is 2.17. The van der Waals surface area contributed by atoms with Crippen LogP contribution in [0.3, 0.4) is 0 Å². The van der Waals surface area contributed by atoms with Gasteiger partial charge in [-0.3, -0.25) is 4.90 Å². The third kappa shape index (κ3) is 3.44. The van der Waals surface area contributed by atoms with Crippen LogP contribution in [0.1, 0.15) is 12.5 Å². The second-order valence-corrected chi connectivity index (χ2v) is 4.86. The molecule has 1 N–H and O–H groups in total. The van der Waals surface area contributed by atoms with E-state index >= 15 is 0 Å². The largest absolute Gasteiger partial charge is 0.379 e. The molecule has 1 aliphatic heterocycles. The molecular weight excluding hydrogens is 264 g/mol. The van der Waals surface area contributed by atoms with Crippen molar-refractivity contribution in [1.82, 2.24) is 4.90 Å². The average Bonchev–Trinajstić information content (AvgIpc) is 2.45. The molecule has 1 unspecified atom stereocenters. The van der Waals surface area contributed by atoms with Crippen LogP contribution < -0.4 is 5.32 Å². The summed E-state index contributed by atoms with van der Waals surface area (Å²) in [6.45, 7) is 5.72. The Morgan fingerprint density at radius 1 is 1.35 bits per heavy atom. The summed E-state index contributed by atoms with van der Waals surface area (Å²) in [4.78, 5) is 2.21. The molecule has 1 aliphatic rings. The molecule has 1 aromatic rings. The fraction of sp³-hybridized carbons (Fsp3) is 0.500. The Hall–Kier alpha value is -1.71. The Labute approximate surface area is 116 Å². The van der Waals surface area contributed by atoms with Gasteiger partial charge in [0.1, 0.15) is 6.07 Å². The van der Waals surface area contributed by atoms with E-state index in [1.807, 2.05) is 6.92 Å². The molecular formula is C14H17F2N3O. The van der Waals surface area contributed by atoms with Crippen molar-refractivity contribution in [2.45, 2.75) is 13.0 Å². The second kappa shape index (κ2) is 6.64. The monoisotopic (exact) mass is 281 g/mol.